The Morgan fingerprint density at radius 3 is 2.40 bits per heavy atom. The first-order valence-corrected chi connectivity index (χ1v) is 8.36. The first-order chi connectivity index (χ1) is 12.0. The molecular formula is C18H24N2O5. The SMILES string of the molecule is COCCOC(=O)CCC(=O)Nc1cccc(NC(=O)C2CC2)c1C. The molecular weight excluding hydrogens is 324 g/mol. The number of hydrogen-bond acceptors (Lipinski definition) is 5. The molecule has 0 bridgehead atoms. The van der Waals surface area contributed by atoms with Gasteiger partial charge in [-0.25, -0.2) is 0 Å². The highest BCUT2D eigenvalue weighted by Crippen LogP contribution is 2.31. The average Bonchev–Trinajstić information content (AvgIpc) is 3.42. The van der Waals surface area contributed by atoms with Crippen molar-refractivity contribution >= 4 is 29.2 Å². The van der Waals surface area contributed by atoms with E-state index in [-0.39, 0.29) is 37.2 Å². The zero-order chi connectivity index (χ0) is 18.2. The number of anilines is 2. The second-order valence-electron chi connectivity index (χ2n) is 6.00. The highest BCUT2D eigenvalue weighted by Gasteiger charge is 2.29. The molecule has 2 N–H and O–H groups in total. The number of rotatable bonds is 9. The maximum Gasteiger partial charge on any atom is 0.306 e. The van der Waals surface area contributed by atoms with E-state index >= 15 is 0 Å². The number of hydrogen-bond donors (Lipinski definition) is 2. The van der Waals surface area contributed by atoms with Crippen molar-refractivity contribution in [2.75, 3.05) is 31.0 Å². The number of carbonyl (C=O) groups is 3. The van der Waals surface area contributed by atoms with Crippen molar-refractivity contribution in [1.82, 2.24) is 0 Å². The maximum atomic E-state index is 12.0. The van der Waals surface area contributed by atoms with E-state index < -0.39 is 5.97 Å². The minimum atomic E-state index is -0.436. The minimum absolute atomic E-state index is 0.00665. The zero-order valence-electron chi connectivity index (χ0n) is 14.6. The fourth-order valence-corrected chi connectivity index (χ4v) is 2.23. The van der Waals surface area contributed by atoms with Crippen LogP contribution in [0.1, 0.15) is 31.2 Å². The van der Waals surface area contributed by atoms with Gasteiger partial charge in [-0.1, -0.05) is 6.07 Å². The van der Waals surface area contributed by atoms with E-state index in [9.17, 15) is 14.4 Å². The highest BCUT2D eigenvalue weighted by molar-refractivity contribution is 5.97. The average molecular weight is 348 g/mol. The minimum Gasteiger partial charge on any atom is -0.463 e. The third-order valence-corrected chi connectivity index (χ3v) is 3.92. The summed E-state index contributed by atoms with van der Waals surface area (Å²) in [6.45, 7) is 2.34. The Hall–Kier alpha value is -2.41. The van der Waals surface area contributed by atoms with Gasteiger partial charge in [0.15, 0.2) is 0 Å². The number of carbonyl (C=O) groups excluding carboxylic acids is 3. The summed E-state index contributed by atoms with van der Waals surface area (Å²) in [5.74, 6) is -0.584. The van der Waals surface area contributed by atoms with E-state index in [1.165, 1.54) is 7.11 Å². The molecule has 0 radical (unpaired) electrons. The van der Waals surface area contributed by atoms with Gasteiger partial charge in [0.2, 0.25) is 11.8 Å². The number of amides is 2. The quantitative estimate of drug-likeness (QED) is 0.527. The van der Waals surface area contributed by atoms with Crippen LogP contribution in [0.15, 0.2) is 18.2 Å². The van der Waals surface area contributed by atoms with Gasteiger partial charge in [-0.2, -0.15) is 0 Å². The number of ether oxygens (including phenoxy) is 2. The third kappa shape index (κ3) is 6.19. The summed E-state index contributed by atoms with van der Waals surface area (Å²) in [5, 5.41) is 5.66. The van der Waals surface area contributed by atoms with E-state index in [0.717, 1.165) is 18.4 Å². The van der Waals surface area contributed by atoms with Crippen molar-refractivity contribution in [2.24, 2.45) is 5.92 Å². The summed E-state index contributed by atoms with van der Waals surface area (Å²) in [6.07, 6.45) is 1.90. The van der Waals surface area contributed by atoms with Gasteiger partial charge in [0.1, 0.15) is 6.61 Å². The first kappa shape index (κ1) is 18.9. The maximum absolute atomic E-state index is 12.0. The second-order valence-corrected chi connectivity index (χ2v) is 6.00. The molecule has 0 saturated heterocycles. The molecule has 0 aliphatic heterocycles. The van der Waals surface area contributed by atoms with Crippen LogP contribution >= 0.6 is 0 Å². The predicted molar refractivity (Wildman–Crippen MR) is 93.2 cm³/mol. The molecule has 2 rings (SSSR count). The molecule has 1 saturated carbocycles. The number of esters is 1. The normalized spacial score (nSPS) is 13.2. The summed E-state index contributed by atoms with van der Waals surface area (Å²) in [5.41, 5.74) is 2.09. The predicted octanol–water partition coefficient (Wildman–Crippen LogP) is 2.25. The molecule has 1 aromatic rings. The number of nitrogens with one attached hydrogen (secondary N) is 2. The Morgan fingerprint density at radius 1 is 1.08 bits per heavy atom. The van der Waals surface area contributed by atoms with Crippen LogP contribution in [0.3, 0.4) is 0 Å². The molecule has 2 amide bonds. The van der Waals surface area contributed by atoms with Gasteiger partial charge in [-0.3, -0.25) is 14.4 Å². The van der Waals surface area contributed by atoms with Crippen LogP contribution in [0, 0.1) is 12.8 Å². The summed E-state index contributed by atoms with van der Waals surface area (Å²) >= 11 is 0. The fraction of sp³-hybridized carbons (Fsp3) is 0.500. The summed E-state index contributed by atoms with van der Waals surface area (Å²) < 4.78 is 9.69. The van der Waals surface area contributed by atoms with Crippen molar-refractivity contribution in [3.05, 3.63) is 23.8 Å². The molecule has 136 valence electrons. The first-order valence-electron chi connectivity index (χ1n) is 8.36. The lowest BCUT2D eigenvalue weighted by Crippen LogP contribution is -2.17. The van der Waals surface area contributed by atoms with Crippen molar-refractivity contribution < 1.29 is 23.9 Å². The monoisotopic (exact) mass is 348 g/mol. The van der Waals surface area contributed by atoms with Crippen LogP contribution in [0.5, 0.6) is 0 Å². The van der Waals surface area contributed by atoms with Gasteiger partial charge < -0.3 is 20.1 Å². The van der Waals surface area contributed by atoms with Crippen LogP contribution in [-0.2, 0) is 23.9 Å². The molecule has 0 unspecified atom stereocenters. The molecule has 0 spiro atoms. The van der Waals surface area contributed by atoms with Crippen molar-refractivity contribution in [2.45, 2.75) is 32.6 Å². The Kier molecular flexibility index (Phi) is 6.94. The second kappa shape index (κ2) is 9.17. The molecule has 1 aliphatic carbocycles. The number of benzene rings is 1. The molecule has 1 aliphatic rings. The van der Waals surface area contributed by atoms with Crippen LogP contribution in [-0.4, -0.2) is 38.1 Å². The van der Waals surface area contributed by atoms with Gasteiger partial charge in [0.25, 0.3) is 0 Å². The van der Waals surface area contributed by atoms with E-state index in [0.29, 0.717) is 18.0 Å². The summed E-state index contributed by atoms with van der Waals surface area (Å²) in [6, 6.07) is 5.33. The molecule has 1 aromatic carbocycles. The molecule has 25 heavy (non-hydrogen) atoms. The summed E-state index contributed by atoms with van der Waals surface area (Å²) in [4.78, 5) is 35.4. The lowest BCUT2D eigenvalue weighted by atomic mass is 10.1. The molecule has 7 nitrogen and oxygen atoms in total. The van der Waals surface area contributed by atoms with E-state index in [1.807, 2.05) is 6.92 Å². The van der Waals surface area contributed by atoms with Crippen molar-refractivity contribution in [3.63, 3.8) is 0 Å². The Bertz CT molecular complexity index is 640. The molecule has 0 atom stereocenters. The van der Waals surface area contributed by atoms with Gasteiger partial charge in [0, 0.05) is 30.8 Å². The lowest BCUT2D eigenvalue weighted by molar-refractivity contribution is -0.145. The van der Waals surface area contributed by atoms with E-state index in [1.54, 1.807) is 18.2 Å². The largest absolute Gasteiger partial charge is 0.463 e. The molecule has 7 heteroatoms. The van der Waals surface area contributed by atoms with Crippen LogP contribution < -0.4 is 10.6 Å². The van der Waals surface area contributed by atoms with Gasteiger partial charge in [0.05, 0.1) is 13.0 Å². The smallest absolute Gasteiger partial charge is 0.306 e. The Morgan fingerprint density at radius 2 is 1.76 bits per heavy atom. The lowest BCUT2D eigenvalue weighted by Gasteiger charge is -2.13. The van der Waals surface area contributed by atoms with Crippen molar-refractivity contribution in [3.8, 4) is 0 Å². The van der Waals surface area contributed by atoms with Crippen molar-refractivity contribution in [1.29, 1.82) is 0 Å². The van der Waals surface area contributed by atoms with Crippen LogP contribution in [0.2, 0.25) is 0 Å². The van der Waals surface area contributed by atoms with E-state index in [4.69, 9.17) is 9.47 Å². The number of methoxy groups -OCH3 is 1. The molecule has 0 heterocycles. The Balaban J connectivity index is 1.83. The summed E-state index contributed by atoms with van der Waals surface area (Å²) in [7, 11) is 1.52. The van der Waals surface area contributed by atoms with Gasteiger partial charge in [-0.15, -0.1) is 0 Å². The van der Waals surface area contributed by atoms with Gasteiger partial charge >= 0.3 is 5.97 Å². The Labute approximate surface area is 147 Å². The van der Waals surface area contributed by atoms with Crippen LogP contribution in [0.4, 0.5) is 11.4 Å². The molecule has 1 fully saturated rings. The third-order valence-electron chi connectivity index (χ3n) is 3.92. The standard InChI is InChI=1S/C18H24N2O5/c1-12-14(4-3-5-15(12)20-18(23)13-6-7-13)19-16(21)8-9-17(22)25-11-10-24-2/h3-5,13H,6-11H2,1-2H3,(H,19,21)(H,20,23). The van der Waals surface area contributed by atoms with Gasteiger partial charge in [-0.05, 0) is 37.5 Å². The topological polar surface area (TPSA) is 93.7 Å². The highest BCUT2D eigenvalue weighted by atomic mass is 16.6. The van der Waals surface area contributed by atoms with Crippen LogP contribution in [0.25, 0.3) is 0 Å². The van der Waals surface area contributed by atoms with E-state index in [2.05, 4.69) is 10.6 Å². The fourth-order valence-electron chi connectivity index (χ4n) is 2.23. The molecule has 0 aromatic heterocycles. The zero-order valence-corrected chi connectivity index (χ0v) is 14.6.